The van der Waals surface area contributed by atoms with Crippen molar-refractivity contribution >= 4 is 34.0 Å². The van der Waals surface area contributed by atoms with Gasteiger partial charge in [-0.1, -0.05) is 11.3 Å². The number of nitrogens with one attached hydrogen (secondary N) is 1. The van der Waals surface area contributed by atoms with Gasteiger partial charge in [0.1, 0.15) is 23.2 Å². The molecule has 2 aliphatic rings. The Labute approximate surface area is 215 Å². The van der Waals surface area contributed by atoms with E-state index in [1.807, 2.05) is 13.0 Å². The maximum absolute atomic E-state index is 14.0. The van der Waals surface area contributed by atoms with Gasteiger partial charge in [-0.3, -0.25) is 4.79 Å². The summed E-state index contributed by atoms with van der Waals surface area (Å²) >= 11 is 1.38. The monoisotopic (exact) mass is 534 g/mol. The smallest absolute Gasteiger partial charge is 0.287 e. The molecule has 0 radical (unpaired) electrons. The van der Waals surface area contributed by atoms with Crippen LogP contribution >= 0.6 is 11.3 Å². The van der Waals surface area contributed by atoms with Gasteiger partial charge >= 0.3 is 0 Å². The molecule has 0 saturated carbocycles. The highest BCUT2D eigenvalue weighted by Crippen LogP contribution is 2.38. The fraction of sp³-hybridized carbons (Fsp3) is 0.417. The van der Waals surface area contributed by atoms with E-state index in [0.29, 0.717) is 40.5 Å². The van der Waals surface area contributed by atoms with Crippen molar-refractivity contribution in [1.82, 2.24) is 19.9 Å². The average Bonchev–Trinajstić information content (AvgIpc) is 3.36. The van der Waals surface area contributed by atoms with Crippen LogP contribution in [0.3, 0.4) is 0 Å². The molecule has 3 aromatic rings. The van der Waals surface area contributed by atoms with Gasteiger partial charge in [-0.2, -0.15) is 0 Å². The number of benzene rings is 1. The molecule has 0 bridgehead atoms. The summed E-state index contributed by atoms with van der Waals surface area (Å²) in [5.41, 5.74) is 1.47. The fourth-order valence-corrected chi connectivity index (χ4v) is 5.23. The van der Waals surface area contributed by atoms with Crippen LogP contribution in [0.5, 0.6) is 5.75 Å². The molecular weight excluding hydrogens is 509 g/mol. The maximum Gasteiger partial charge on any atom is 0.287 e. The Morgan fingerprint density at radius 1 is 1.14 bits per heavy atom. The number of halogens is 3. The number of morpholine rings is 1. The molecule has 1 N–H and O–H groups in total. The van der Waals surface area contributed by atoms with Crippen molar-refractivity contribution in [2.75, 3.05) is 50.2 Å². The lowest BCUT2D eigenvalue weighted by Crippen LogP contribution is -2.46. The molecule has 0 spiro atoms. The molecule has 13 heteroatoms. The van der Waals surface area contributed by atoms with E-state index in [1.165, 1.54) is 18.4 Å². The van der Waals surface area contributed by atoms with Gasteiger partial charge in [0.15, 0.2) is 5.13 Å². The van der Waals surface area contributed by atoms with Crippen LogP contribution in [0.4, 0.5) is 29.9 Å². The van der Waals surface area contributed by atoms with Crippen LogP contribution in [0, 0.1) is 6.92 Å². The molecule has 196 valence electrons. The Balaban J connectivity index is 1.38. The number of nitrogens with zero attached hydrogens (tertiary/aromatic N) is 5. The first-order chi connectivity index (χ1) is 17.8. The maximum atomic E-state index is 14.0. The minimum atomic E-state index is -3.28. The number of carbonyl (C=O) groups excluding carboxylic acids is 1. The van der Waals surface area contributed by atoms with E-state index >= 15 is 0 Å². The number of alkyl halides is 3. The summed E-state index contributed by atoms with van der Waals surface area (Å²) in [6, 6.07) is 5.31. The van der Waals surface area contributed by atoms with Crippen molar-refractivity contribution < 1.29 is 27.4 Å². The highest BCUT2D eigenvalue weighted by atomic mass is 32.1. The third-order valence-corrected chi connectivity index (χ3v) is 7.15. The van der Waals surface area contributed by atoms with Crippen molar-refractivity contribution in [2.45, 2.75) is 26.1 Å². The first kappa shape index (κ1) is 25.2. The summed E-state index contributed by atoms with van der Waals surface area (Å²) in [5.74, 6) is 1.45. The molecule has 2 aliphatic heterocycles. The zero-order valence-corrected chi connectivity index (χ0v) is 21.0. The van der Waals surface area contributed by atoms with Crippen LogP contribution in [-0.2, 0) is 11.2 Å². The second-order valence-corrected chi connectivity index (χ2v) is 9.61. The Morgan fingerprint density at radius 2 is 1.92 bits per heavy atom. The number of rotatable bonds is 7. The van der Waals surface area contributed by atoms with E-state index in [2.05, 4.69) is 25.2 Å². The van der Waals surface area contributed by atoms with E-state index < -0.39 is 18.6 Å². The van der Waals surface area contributed by atoms with Crippen molar-refractivity contribution in [2.24, 2.45) is 0 Å². The summed E-state index contributed by atoms with van der Waals surface area (Å²) in [4.78, 5) is 29.8. The quantitative estimate of drug-likeness (QED) is 0.454. The number of hydrogen-bond acceptors (Lipinski definition) is 9. The van der Waals surface area contributed by atoms with Gasteiger partial charge in [0, 0.05) is 31.9 Å². The minimum Gasteiger partial charge on any atom is -0.496 e. The zero-order valence-electron chi connectivity index (χ0n) is 20.2. The lowest BCUT2D eigenvalue weighted by Gasteiger charge is -2.31. The largest absolute Gasteiger partial charge is 0.496 e. The summed E-state index contributed by atoms with van der Waals surface area (Å²) < 4.78 is 50.6. The zero-order chi connectivity index (χ0) is 26.1. The second kappa shape index (κ2) is 10.5. The van der Waals surface area contributed by atoms with Gasteiger partial charge < -0.3 is 24.6 Å². The van der Waals surface area contributed by atoms with E-state index in [0.717, 1.165) is 29.3 Å². The van der Waals surface area contributed by atoms with Crippen LogP contribution in [0.15, 0.2) is 24.4 Å². The molecular formula is C24H25F3N6O3S. The fourth-order valence-electron chi connectivity index (χ4n) is 4.42. The number of aryl methyl sites for hydroxylation is 1. The number of hydrogen-bond donors (Lipinski definition) is 1. The molecule has 1 aromatic carbocycles. The normalized spacial score (nSPS) is 16.6. The molecule has 2 aromatic heterocycles. The van der Waals surface area contributed by atoms with E-state index in [9.17, 15) is 18.0 Å². The van der Waals surface area contributed by atoms with Crippen LogP contribution < -0.4 is 15.0 Å². The van der Waals surface area contributed by atoms with Crippen molar-refractivity contribution in [3.63, 3.8) is 0 Å². The highest BCUT2D eigenvalue weighted by molar-refractivity contribution is 7.18. The minimum absolute atomic E-state index is 0.107. The predicted molar refractivity (Wildman–Crippen MR) is 133 cm³/mol. The summed E-state index contributed by atoms with van der Waals surface area (Å²) in [6.45, 7) is 4.50. The number of carbonyl (C=O) groups is 1. The third-order valence-electron chi connectivity index (χ3n) is 6.19. The van der Waals surface area contributed by atoms with Crippen LogP contribution in [0.25, 0.3) is 10.4 Å². The topological polar surface area (TPSA) is 92.7 Å². The molecule has 1 amide bonds. The van der Waals surface area contributed by atoms with Gasteiger partial charge in [-0.25, -0.2) is 28.1 Å². The van der Waals surface area contributed by atoms with Gasteiger partial charge in [0.05, 0.1) is 30.8 Å². The lowest BCUT2D eigenvalue weighted by atomic mass is 9.95. The Kier molecular flexibility index (Phi) is 7.15. The molecule has 1 saturated heterocycles. The standard InChI is InChI=1S/C24H25F3N6O3S/c1-13-29-18(11-19(30-13)32-5-7-36-8-6-32)31-24-28-12-17(37-24)15-9-14-3-4-33(22(27)21(25)26)23(34)20(14)16(10-15)35-2/h9-12,21-22H,3-8H2,1-2H3,(H,28,29,30,31). The second-order valence-electron chi connectivity index (χ2n) is 8.58. The molecule has 4 heterocycles. The number of anilines is 3. The SMILES string of the molecule is COc1cc(-c2cnc(Nc3cc(N4CCOCC4)nc(C)n3)s2)cc2c1C(=O)N(C(F)C(F)F)CC2. The van der Waals surface area contributed by atoms with Crippen LogP contribution in [0.2, 0.25) is 0 Å². The van der Waals surface area contributed by atoms with Crippen molar-refractivity contribution in [3.8, 4) is 16.2 Å². The van der Waals surface area contributed by atoms with E-state index in [4.69, 9.17) is 9.47 Å². The molecule has 9 nitrogen and oxygen atoms in total. The summed E-state index contributed by atoms with van der Waals surface area (Å²) in [7, 11) is 1.38. The van der Waals surface area contributed by atoms with Crippen LogP contribution in [-0.4, -0.2) is 78.4 Å². The first-order valence-corrected chi connectivity index (χ1v) is 12.5. The van der Waals surface area contributed by atoms with Gasteiger partial charge in [-0.05, 0) is 36.6 Å². The molecule has 5 rings (SSSR count). The number of amides is 1. The van der Waals surface area contributed by atoms with Crippen molar-refractivity contribution in [3.05, 3.63) is 41.3 Å². The number of ether oxygens (including phenoxy) is 2. The molecule has 1 atom stereocenters. The average molecular weight is 535 g/mol. The first-order valence-electron chi connectivity index (χ1n) is 11.7. The summed E-state index contributed by atoms with van der Waals surface area (Å²) in [6.07, 6.45) is -4.01. The Hall–Kier alpha value is -3.45. The molecule has 1 unspecified atom stereocenters. The van der Waals surface area contributed by atoms with Crippen LogP contribution in [0.1, 0.15) is 21.7 Å². The summed E-state index contributed by atoms with van der Waals surface area (Å²) in [5, 5.41) is 3.84. The number of aromatic nitrogens is 3. The lowest BCUT2D eigenvalue weighted by molar-refractivity contribution is -0.0382. The van der Waals surface area contributed by atoms with Gasteiger partial charge in [0.2, 0.25) is 6.30 Å². The third kappa shape index (κ3) is 5.18. The van der Waals surface area contributed by atoms with Gasteiger partial charge in [0.25, 0.3) is 12.3 Å². The predicted octanol–water partition coefficient (Wildman–Crippen LogP) is 4.06. The van der Waals surface area contributed by atoms with E-state index in [-0.39, 0.29) is 24.3 Å². The highest BCUT2D eigenvalue weighted by Gasteiger charge is 2.37. The van der Waals surface area contributed by atoms with E-state index in [1.54, 1.807) is 18.3 Å². The molecule has 0 aliphatic carbocycles. The van der Waals surface area contributed by atoms with Gasteiger partial charge in [-0.15, -0.1) is 0 Å². The van der Waals surface area contributed by atoms with Crippen molar-refractivity contribution in [1.29, 1.82) is 0 Å². The number of methoxy groups -OCH3 is 1. The Morgan fingerprint density at radius 3 is 2.65 bits per heavy atom. The Bertz CT molecular complexity index is 1280. The number of thiazole rings is 1. The molecule has 37 heavy (non-hydrogen) atoms. The number of fused-ring (bicyclic) bond motifs is 1. The molecule has 1 fully saturated rings.